The second-order valence-electron chi connectivity index (χ2n) is 5.65. The summed E-state index contributed by atoms with van der Waals surface area (Å²) in [7, 11) is -3.44. The van der Waals surface area contributed by atoms with Gasteiger partial charge < -0.3 is 5.11 Å². The summed E-state index contributed by atoms with van der Waals surface area (Å²) in [6.07, 6.45) is 4.68. The van der Waals surface area contributed by atoms with Gasteiger partial charge in [0.25, 0.3) is 0 Å². The van der Waals surface area contributed by atoms with Crippen molar-refractivity contribution >= 4 is 10.0 Å². The smallest absolute Gasteiger partial charge is 0.246 e. The highest BCUT2D eigenvalue weighted by molar-refractivity contribution is 7.89. The van der Waals surface area contributed by atoms with Crippen molar-refractivity contribution in [1.82, 2.24) is 14.1 Å². The highest BCUT2D eigenvalue weighted by Gasteiger charge is 2.31. The molecular formula is C13H23N3O3S. The quantitative estimate of drug-likeness (QED) is 0.878. The van der Waals surface area contributed by atoms with Gasteiger partial charge in [-0.05, 0) is 24.7 Å². The van der Waals surface area contributed by atoms with Gasteiger partial charge in [-0.25, -0.2) is 8.42 Å². The van der Waals surface area contributed by atoms with Crippen molar-refractivity contribution in [1.29, 1.82) is 0 Å². The van der Waals surface area contributed by atoms with Gasteiger partial charge in [0.15, 0.2) is 0 Å². The zero-order chi connectivity index (χ0) is 14.8. The number of piperidine rings is 1. The van der Waals surface area contributed by atoms with Gasteiger partial charge in [0, 0.05) is 19.3 Å². The Bertz CT molecular complexity index is 531. The summed E-state index contributed by atoms with van der Waals surface area (Å²) in [6, 6.07) is 0. The van der Waals surface area contributed by atoms with Crippen molar-refractivity contribution in [2.75, 3.05) is 19.7 Å². The lowest BCUT2D eigenvalue weighted by Gasteiger charge is -2.32. The third-order valence-corrected chi connectivity index (χ3v) is 5.87. The minimum absolute atomic E-state index is 0.0546. The monoisotopic (exact) mass is 301 g/mol. The van der Waals surface area contributed by atoms with E-state index in [9.17, 15) is 8.42 Å². The van der Waals surface area contributed by atoms with Gasteiger partial charge in [0.2, 0.25) is 10.0 Å². The molecule has 0 spiro atoms. The van der Waals surface area contributed by atoms with Crippen LogP contribution in [0.3, 0.4) is 0 Å². The Kier molecular flexibility index (Phi) is 4.82. The molecule has 1 saturated heterocycles. The highest BCUT2D eigenvalue weighted by atomic mass is 32.2. The van der Waals surface area contributed by atoms with Gasteiger partial charge in [0.05, 0.1) is 19.3 Å². The molecule has 6 nitrogen and oxygen atoms in total. The summed E-state index contributed by atoms with van der Waals surface area (Å²) in [6.45, 7) is 5.79. The van der Waals surface area contributed by atoms with Crippen LogP contribution in [0.15, 0.2) is 17.3 Å². The lowest BCUT2D eigenvalue weighted by atomic mass is 9.87. The Hall–Kier alpha value is -0.920. The van der Waals surface area contributed by atoms with E-state index < -0.39 is 10.0 Å². The molecule has 2 rings (SSSR count). The topological polar surface area (TPSA) is 75.4 Å². The average molecular weight is 301 g/mol. The molecular weight excluding hydrogens is 278 g/mol. The van der Waals surface area contributed by atoms with E-state index in [-0.39, 0.29) is 11.5 Å². The Morgan fingerprint density at radius 1 is 1.40 bits per heavy atom. The Balaban J connectivity index is 2.07. The van der Waals surface area contributed by atoms with Crippen molar-refractivity contribution in [3.63, 3.8) is 0 Å². The zero-order valence-corrected chi connectivity index (χ0v) is 12.9. The van der Waals surface area contributed by atoms with Crippen LogP contribution in [0, 0.1) is 11.8 Å². The van der Waals surface area contributed by atoms with Gasteiger partial charge in [-0.3, -0.25) is 4.68 Å². The number of aliphatic hydroxyl groups is 1. The molecule has 1 aliphatic rings. The van der Waals surface area contributed by atoms with E-state index in [1.807, 2.05) is 0 Å². The van der Waals surface area contributed by atoms with Crippen LogP contribution < -0.4 is 0 Å². The van der Waals surface area contributed by atoms with Gasteiger partial charge >= 0.3 is 0 Å². The molecule has 0 radical (unpaired) electrons. The maximum absolute atomic E-state index is 12.5. The molecule has 0 aromatic carbocycles. The van der Waals surface area contributed by atoms with Crippen LogP contribution in [0.25, 0.3) is 0 Å². The van der Waals surface area contributed by atoms with Gasteiger partial charge in [-0.2, -0.15) is 9.40 Å². The molecule has 1 aromatic rings. The molecule has 20 heavy (non-hydrogen) atoms. The van der Waals surface area contributed by atoms with E-state index >= 15 is 0 Å². The summed E-state index contributed by atoms with van der Waals surface area (Å²) in [5.74, 6) is 1.21. The lowest BCUT2D eigenvalue weighted by molar-refractivity contribution is 0.226. The van der Waals surface area contributed by atoms with Crippen molar-refractivity contribution in [2.24, 2.45) is 11.8 Å². The molecule has 0 unspecified atom stereocenters. The molecule has 0 atom stereocenters. The van der Waals surface area contributed by atoms with E-state index in [1.54, 1.807) is 4.31 Å². The van der Waals surface area contributed by atoms with E-state index in [0.717, 1.165) is 12.8 Å². The fraction of sp³-hybridized carbons (Fsp3) is 0.769. The maximum Gasteiger partial charge on any atom is 0.246 e. The fourth-order valence-corrected chi connectivity index (χ4v) is 4.06. The number of nitrogens with zero attached hydrogens (tertiary/aromatic N) is 3. The number of hydrogen-bond donors (Lipinski definition) is 1. The molecule has 0 amide bonds. The summed E-state index contributed by atoms with van der Waals surface area (Å²) in [5.41, 5.74) is 0. The highest BCUT2D eigenvalue weighted by Crippen LogP contribution is 2.27. The number of rotatable bonds is 5. The van der Waals surface area contributed by atoms with Crippen LogP contribution in [0.1, 0.15) is 26.7 Å². The van der Waals surface area contributed by atoms with E-state index in [4.69, 9.17) is 5.11 Å². The first kappa shape index (κ1) is 15.5. The molecule has 1 aromatic heterocycles. The van der Waals surface area contributed by atoms with Crippen LogP contribution in [0.4, 0.5) is 0 Å². The molecule has 0 bridgehead atoms. The van der Waals surface area contributed by atoms with Crippen molar-refractivity contribution in [3.8, 4) is 0 Å². The summed E-state index contributed by atoms with van der Waals surface area (Å²) >= 11 is 0. The average Bonchev–Trinajstić information content (AvgIpc) is 2.88. The third kappa shape index (κ3) is 3.21. The largest absolute Gasteiger partial charge is 0.394 e. The number of aromatic nitrogens is 2. The van der Waals surface area contributed by atoms with Gasteiger partial charge in [-0.15, -0.1) is 0 Å². The summed E-state index contributed by atoms with van der Waals surface area (Å²) in [4.78, 5) is 0.217. The summed E-state index contributed by atoms with van der Waals surface area (Å²) in [5, 5.41) is 12.8. The van der Waals surface area contributed by atoms with Crippen LogP contribution in [0.5, 0.6) is 0 Å². The first-order valence-electron chi connectivity index (χ1n) is 7.08. The Morgan fingerprint density at radius 3 is 2.60 bits per heavy atom. The van der Waals surface area contributed by atoms with Crippen molar-refractivity contribution < 1.29 is 13.5 Å². The van der Waals surface area contributed by atoms with Crippen LogP contribution in [0.2, 0.25) is 0 Å². The number of aliphatic hydroxyl groups excluding tert-OH is 1. The molecule has 114 valence electrons. The maximum atomic E-state index is 12.5. The molecule has 2 heterocycles. The van der Waals surface area contributed by atoms with Gasteiger partial charge in [0.1, 0.15) is 4.90 Å². The first-order chi connectivity index (χ1) is 9.45. The van der Waals surface area contributed by atoms with E-state index in [2.05, 4.69) is 18.9 Å². The molecule has 7 heteroatoms. The minimum atomic E-state index is -3.44. The molecule has 1 fully saturated rings. The lowest BCUT2D eigenvalue weighted by Crippen LogP contribution is -2.39. The summed E-state index contributed by atoms with van der Waals surface area (Å²) < 4.78 is 28.0. The molecule has 1 aliphatic heterocycles. The SMILES string of the molecule is CC(C)C1CCN(S(=O)(=O)c2cnn(CCO)c2)CC1. The second kappa shape index (κ2) is 6.24. The standard InChI is InChI=1S/C13H23N3O3S/c1-11(2)12-3-5-16(6-4-12)20(18,19)13-9-14-15(10-13)7-8-17/h9-12,17H,3-8H2,1-2H3. The van der Waals surface area contributed by atoms with E-state index in [1.165, 1.54) is 17.1 Å². The normalized spacial score (nSPS) is 18.8. The van der Waals surface area contributed by atoms with Crippen LogP contribution in [-0.2, 0) is 16.6 Å². The molecule has 0 aliphatic carbocycles. The minimum Gasteiger partial charge on any atom is -0.394 e. The predicted molar refractivity (Wildman–Crippen MR) is 75.6 cm³/mol. The van der Waals surface area contributed by atoms with Crippen LogP contribution >= 0.6 is 0 Å². The Labute approximate surface area is 120 Å². The Morgan fingerprint density at radius 2 is 2.05 bits per heavy atom. The van der Waals surface area contributed by atoms with Gasteiger partial charge in [-0.1, -0.05) is 13.8 Å². The van der Waals surface area contributed by atoms with Crippen LogP contribution in [-0.4, -0.2) is 47.3 Å². The second-order valence-corrected chi connectivity index (χ2v) is 7.59. The molecule has 1 N–H and O–H groups in total. The van der Waals surface area contributed by atoms with Crippen molar-refractivity contribution in [2.45, 2.75) is 38.1 Å². The van der Waals surface area contributed by atoms with E-state index in [0.29, 0.717) is 31.5 Å². The fourth-order valence-electron chi connectivity index (χ4n) is 2.63. The first-order valence-corrected chi connectivity index (χ1v) is 8.52. The number of hydrogen-bond acceptors (Lipinski definition) is 4. The molecule has 0 saturated carbocycles. The number of sulfonamides is 1. The third-order valence-electron chi connectivity index (χ3n) is 4.02. The van der Waals surface area contributed by atoms with Crippen molar-refractivity contribution in [3.05, 3.63) is 12.4 Å². The predicted octanol–water partition coefficient (Wildman–Crippen LogP) is 0.932. The zero-order valence-electron chi connectivity index (χ0n) is 12.1.